The molecule has 0 radical (unpaired) electrons. The molecule has 0 aromatic heterocycles. The molecule has 106 valence electrons. The maximum atomic E-state index is 12.8. The normalized spacial score (nSPS) is 21.5. The van der Waals surface area contributed by atoms with Crippen molar-refractivity contribution in [2.75, 3.05) is 6.54 Å². The van der Waals surface area contributed by atoms with Gasteiger partial charge in [-0.2, -0.15) is 4.31 Å². The highest BCUT2D eigenvalue weighted by Gasteiger charge is 2.33. The quantitative estimate of drug-likeness (QED) is 0.837. The van der Waals surface area contributed by atoms with Crippen LogP contribution in [0.4, 0.5) is 0 Å². The zero-order valence-corrected chi connectivity index (χ0v) is 13.8. The van der Waals surface area contributed by atoms with E-state index in [4.69, 9.17) is 0 Å². The summed E-state index contributed by atoms with van der Waals surface area (Å²) in [6.45, 7) is 4.56. The van der Waals surface area contributed by atoms with E-state index in [0.717, 1.165) is 35.7 Å². The summed E-state index contributed by atoms with van der Waals surface area (Å²) in [5.41, 5.74) is 0.809. The summed E-state index contributed by atoms with van der Waals surface area (Å²) in [4.78, 5) is 0.433. The van der Waals surface area contributed by atoms with E-state index in [1.807, 2.05) is 19.1 Å². The number of benzene rings is 1. The first-order chi connectivity index (χ1) is 8.96. The Morgan fingerprint density at radius 3 is 2.79 bits per heavy atom. The van der Waals surface area contributed by atoms with Crippen LogP contribution in [0.1, 0.15) is 38.2 Å². The van der Waals surface area contributed by atoms with E-state index in [9.17, 15) is 8.42 Å². The standard InChI is InChI=1S/C14H20BrNO2S/c1-3-13-6-4-5-9-16(13)19(17,18)14-10-12(15)8-7-11(14)2/h7-8,10,13H,3-6,9H2,1-2H3. The minimum atomic E-state index is -3.37. The summed E-state index contributed by atoms with van der Waals surface area (Å²) in [6, 6.07) is 5.59. The Kier molecular flexibility index (Phi) is 4.69. The highest BCUT2D eigenvalue weighted by atomic mass is 79.9. The molecule has 0 N–H and O–H groups in total. The Morgan fingerprint density at radius 2 is 2.11 bits per heavy atom. The van der Waals surface area contributed by atoms with Crippen molar-refractivity contribution in [3.05, 3.63) is 28.2 Å². The molecule has 2 rings (SSSR count). The first kappa shape index (κ1) is 15.0. The number of nitrogens with zero attached hydrogens (tertiary/aromatic N) is 1. The van der Waals surface area contributed by atoms with Crippen LogP contribution in [-0.2, 0) is 10.0 Å². The van der Waals surface area contributed by atoms with Gasteiger partial charge in [0.2, 0.25) is 10.0 Å². The third-order valence-corrected chi connectivity index (χ3v) is 6.37. The maximum Gasteiger partial charge on any atom is 0.243 e. The molecule has 1 aromatic rings. The van der Waals surface area contributed by atoms with Crippen molar-refractivity contribution >= 4 is 26.0 Å². The van der Waals surface area contributed by atoms with Gasteiger partial charge in [-0.25, -0.2) is 8.42 Å². The Bertz CT molecular complexity index is 557. The molecule has 0 spiro atoms. The monoisotopic (exact) mass is 345 g/mol. The van der Waals surface area contributed by atoms with Crippen molar-refractivity contribution in [2.24, 2.45) is 0 Å². The number of sulfonamides is 1. The summed E-state index contributed by atoms with van der Waals surface area (Å²) < 4.78 is 28.2. The molecule has 0 aliphatic carbocycles. The highest BCUT2D eigenvalue weighted by Crippen LogP contribution is 2.29. The number of piperidine rings is 1. The third-order valence-electron chi connectivity index (χ3n) is 3.78. The SMILES string of the molecule is CCC1CCCCN1S(=O)(=O)c1cc(Br)ccc1C. The van der Waals surface area contributed by atoms with Gasteiger partial charge in [0.05, 0.1) is 4.90 Å². The molecular weight excluding hydrogens is 326 g/mol. The van der Waals surface area contributed by atoms with Crippen molar-refractivity contribution in [1.29, 1.82) is 0 Å². The molecule has 1 aromatic carbocycles. The maximum absolute atomic E-state index is 12.8. The van der Waals surface area contributed by atoms with Crippen LogP contribution in [0.25, 0.3) is 0 Å². The molecule has 1 heterocycles. The molecule has 3 nitrogen and oxygen atoms in total. The van der Waals surface area contributed by atoms with Gasteiger partial charge in [0.15, 0.2) is 0 Å². The van der Waals surface area contributed by atoms with E-state index in [1.54, 1.807) is 10.4 Å². The largest absolute Gasteiger partial charge is 0.243 e. The Hall–Kier alpha value is -0.390. The fraction of sp³-hybridized carbons (Fsp3) is 0.571. The van der Waals surface area contributed by atoms with Crippen LogP contribution in [0.3, 0.4) is 0 Å². The van der Waals surface area contributed by atoms with Crippen molar-refractivity contribution < 1.29 is 8.42 Å². The number of halogens is 1. The van der Waals surface area contributed by atoms with Gasteiger partial charge in [-0.3, -0.25) is 0 Å². The summed E-state index contributed by atoms with van der Waals surface area (Å²) in [7, 11) is -3.37. The zero-order chi connectivity index (χ0) is 14.0. The van der Waals surface area contributed by atoms with E-state index in [0.29, 0.717) is 11.4 Å². The minimum absolute atomic E-state index is 0.150. The van der Waals surface area contributed by atoms with E-state index >= 15 is 0 Å². The van der Waals surface area contributed by atoms with Crippen molar-refractivity contribution in [3.63, 3.8) is 0 Å². The molecule has 0 bridgehead atoms. The van der Waals surface area contributed by atoms with E-state index in [1.165, 1.54) is 0 Å². The van der Waals surface area contributed by atoms with E-state index in [2.05, 4.69) is 22.9 Å². The van der Waals surface area contributed by atoms with Gasteiger partial charge in [-0.05, 0) is 43.9 Å². The lowest BCUT2D eigenvalue weighted by atomic mass is 10.0. The summed E-state index contributed by atoms with van der Waals surface area (Å²) in [5.74, 6) is 0. The molecular formula is C14H20BrNO2S. The van der Waals surface area contributed by atoms with Crippen LogP contribution in [0.15, 0.2) is 27.6 Å². The predicted octanol–water partition coefficient (Wildman–Crippen LogP) is 3.71. The summed E-state index contributed by atoms with van der Waals surface area (Å²) in [5, 5.41) is 0. The smallest absolute Gasteiger partial charge is 0.207 e. The fourth-order valence-electron chi connectivity index (χ4n) is 2.68. The van der Waals surface area contributed by atoms with Crippen LogP contribution in [0, 0.1) is 6.92 Å². The van der Waals surface area contributed by atoms with Crippen molar-refractivity contribution in [1.82, 2.24) is 4.31 Å². The minimum Gasteiger partial charge on any atom is -0.207 e. The summed E-state index contributed by atoms with van der Waals surface area (Å²) >= 11 is 3.36. The second kappa shape index (κ2) is 5.94. The fourth-order valence-corrected chi connectivity index (χ4v) is 5.21. The van der Waals surface area contributed by atoms with Gasteiger partial charge in [-0.15, -0.1) is 0 Å². The molecule has 19 heavy (non-hydrogen) atoms. The average molecular weight is 346 g/mol. The zero-order valence-electron chi connectivity index (χ0n) is 11.4. The van der Waals surface area contributed by atoms with Gasteiger partial charge in [-0.1, -0.05) is 35.3 Å². The molecule has 1 atom stereocenters. The van der Waals surface area contributed by atoms with Crippen LogP contribution in [0.5, 0.6) is 0 Å². The third kappa shape index (κ3) is 3.03. The van der Waals surface area contributed by atoms with Gasteiger partial charge >= 0.3 is 0 Å². The van der Waals surface area contributed by atoms with E-state index < -0.39 is 10.0 Å². The first-order valence-electron chi connectivity index (χ1n) is 6.75. The molecule has 1 unspecified atom stereocenters. The van der Waals surface area contributed by atoms with Gasteiger partial charge in [0, 0.05) is 17.1 Å². The average Bonchev–Trinajstić information content (AvgIpc) is 2.41. The first-order valence-corrected chi connectivity index (χ1v) is 8.98. The Balaban J connectivity index is 2.43. The van der Waals surface area contributed by atoms with Crippen LogP contribution in [-0.4, -0.2) is 25.3 Å². The molecule has 5 heteroatoms. The van der Waals surface area contributed by atoms with Gasteiger partial charge in [0.25, 0.3) is 0 Å². The summed E-state index contributed by atoms with van der Waals surface area (Å²) in [6.07, 6.45) is 3.94. The molecule has 1 fully saturated rings. The number of rotatable bonds is 3. The second-order valence-electron chi connectivity index (χ2n) is 5.08. The Labute approximate surface area is 124 Å². The number of aryl methyl sites for hydroxylation is 1. The van der Waals surface area contributed by atoms with Crippen molar-refractivity contribution in [2.45, 2.75) is 50.5 Å². The molecule has 1 aliphatic rings. The molecule has 1 aliphatic heterocycles. The second-order valence-corrected chi connectivity index (χ2v) is 7.86. The van der Waals surface area contributed by atoms with E-state index in [-0.39, 0.29) is 6.04 Å². The molecule has 0 saturated carbocycles. The Morgan fingerprint density at radius 1 is 1.37 bits per heavy atom. The van der Waals surface area contributed by atoms with Gasteiger partial charge in [0.1, 0.15) is 0 Å². The van der Waals surface area contributed by atoms with Crippen LogP contribution < -0.4 is 0 Å². The predicted molar refractivity (Wildman–Crippen MR) is 80.7 cm³/mol. The molecule has 0 amide bonds. The van der Waals surface area contributed by atoms with Crippen molar-refractivity contribution in [3.8, 4) is 0 Å². The lowest BCUT2D eigenvalue weighted by molar-refractivity contribution is 0.246. The number of hydrogen-bond acceptors (Lipinski definition) is 2. The lowest BCUT2D eigenvalue weighted by Gasteiger charge is -2.34. The van der Waals surface area contributed by atoms with Crippen LogP contribution in [0.2, 0.25) is 0 Å². The number of hydrogen-bond donors (Lipinski definition) is 0. The molecule has 1 saturated heterocycles. The van der Waals surface area contributed by atoms with Gasteiger partial charge < -0.3 is 0 Å². The highest BCUT2D eigenvalue weighted by molar-refractivity contribution is 9.10. The topological polar surface area (TPSA) is 37.4 Å². The lowest BCUT2D eigenvalue weighted by Crippen LogP contribution is -2.43. The van der Waals surface area contributed by atoms with Crippen LogP contribution >= 0.6 is 15.9 Å².